The molecule has 1 N–H and O–H groups in total. The molecule has 96 valence electrons. The molecule has 1 unspecified atom stereocenters. The van der Waals surface area contributed by atoms with Crippen LogP contribution in [0.2, 0.25) is 0 Å². The Bertz CT molecular complexity index is 470. The van der Waals surface area contributed by atoms with Gasteiger partial charge < -0.3 is 5.32 Å². The maximum Gasteiger partial charge on any atom is 0.0794 e. The summed E-state index contributed by atoms with van der Waals surface area (Å²) in [6, 6.07) is 8.48. The smallest absolute Gasteiger partial charge is 0.0794 e. The SMILES string of the molecule is CCNCC(Cc1cncs1)c1ccccc1Br. The standard InChI is InChI=1S/C14H17BrN2S/c1-2-16-8-11(7-12-9-17-10-18-12)13-5-3-4-6-14(13)15/h3-6,9-11,16H,2,7-8H2,1H3. The number of nitrogens with zero attached hydrogens (tertiary/aromatic N) is 1. The summed E-state index contributed by atoms with van der Waals surface area (Å²) in [5, 5.41) is 3.45. The summed E-state index contributed by atoms with van der Waals surface area (Å²) in [6.45, 7) is 4.14. The summed E-state index contributed by atoms with van der Waals surface area (Å²) in [5.74, 6) is 0.487. The molecule has 1 heterocycles. The topological polar surface area (TPSA) is 24.9 Å². The molecule has 0 saturated carbocycles. The van der Waals surface area contributed by atoms with Gasteiger partial charge in [0.1, 0.15) is 0 Å². The number of hydrogen-bond acceptors (Lipinski definition) is 3. The van der Waals surface area contributed by atoms with E-state index in [1.54, 1.807) is 11.3 Å². The van der Waals surface area contributed by atoms with E-state index in [1.165, 1.54) is 14.9 Å². The summed E-state index contributed by atoms with van der Waals surface area (Å²) >= 11 is 5.38. The first-order valence-electron chi connectivity index (χ1n) is 6.13. The Labute approximate surface area is 121 Å². The van der Waals surface area contributed by atoms with Crippen LogP contribution in [0.15, 0.2) is 40.4 Å². The lowest BCUT2D eigenvalue weighted by Gasteiger charge is -2.18. The summed E-state index contributed by atoms with van der Waals surface area (Å²) in [7, 11) is 0. The van der Waals surface area contributed by atoms with Crippen molar-refractivity contribution in [1.82, 2.24) is 10.3 Å². The molecule has 0 radical (unpaired) electrons. The van der Waals surface area contributed by atoms with Crippen LogP contribution < -0.4 is 5.32 Å². The van der Waals surface area contributed by atoms with Crippen LogP contribution >= 0.6 is 27.3 Å². The van der Waals surface area contributed by atoms with Gasteiger partial charge >= 0.3 is 0 Å². The zero-order valence-corrected chi connectivity index (χ0v) is 12.8. The molecule has 2 nitrogen and oxygen atoms in total. The lowest BCUT2D eigenvalue weighted by Crippen LogP contribution is -2.22. The van der Waals surface area contributed by atoms with E-state index in [0.717, 1.165) is 19.5 Å². The number of aromatic nitrogens is 1. The first-order chi connectivity index (χ1) is 8.81. The van der Waals surface area contributed by atoms with Gasteiger partial charge in [-0.3, -0.25) is 4.98 Å². The molecule has 0 aliphatic heterocycles. The summed E-state index contributed by atoms with van der Waals surface area (Å²) in [4.78, 5) is 5.50. The van der Waals surface area contributed by atoms with Crippen LogP contribution in [0, 0.1) is 0 Å². The van der Waals surface area contributed by atoms with Crippen molar-refractivity contribution in [2.24, 2.45) is 0 Å². The van der Waals surface area contributed by atoms with E-state index in [4.69, 9.17) is 0 Å². The molecule has 1 atom stereocenters. The van der Waals surface area contributed by atoms with E-state index in [-0.39, 0.29) is 0 Å². The highest BCUT2D eigenvalue weighted by molar-refractivity contribution is 9.10. The van der Waals surface area contributed by atoms with E-state index in [2.05, 4.69) is 57.4 Å². The average molecular weight is 325 g/mol. The van der Waals surface area contributed by atoms with E-state index in [1.807, 2.05) is 11.7 Å². The summed E-state index contributed by atoms with van der Waals surface area (Å²) in [6.07, 6.45) is 3.01. The molecule has 0 fully saturated rings. The number of benzene rings is 1. The molecule has 0 aliphatic carbocycles. The predicted octanol–water partition coefficient (Wildman–Crippen LogP) is 3.84. The van der Waals surface area contributed by atoms with Gasteiger partial charge in [0.05, 0.1) is 5.51 Å². The number of nitrogens with one attached hydrogen (secondary N) is 1. The lowest BCUT2D eigenvalue weighted by atomic mass is 9.95. The van der Waals surface area contributed by atoms with Crippen molar-refractivity contribution in [3.63, 3.8) is 0 Å². The Morgan fingerprint density at radius 1 is 1.39 bits per heavy atom. The quantitative estimate of drug-likeness (QED) is 0.873. The van der Waals surface area contributed by atoms with Crippen LogP contribution in [0.5, 0.6) is 0 Å². The second-order valence-corrected chi connectivity index (χ2v) is 6.02. The molecule has 4 heteroatoms. The van der Waals surface area contributed by atoms with Crippen LogP contribution in [-0.2, 0) is 6.42 Å². The van der Waals surface area contributed by atoms with Gasteiger partial charge in [-0.1, -0.05) is 41.1 Å². The fraction of sp³-hybridized carbons (Fsp3) is 0.357. The Morgan fingerprint density at radius 3 is 2.89 bits per heavy atom. The minimum Gasteiger partial charge on any atom is -0.316 e. The number of rotatable bonds is 6. The summed E-state index contributed by atoms with van der Waals surface area (Å²) < 4.78 is 1.19. The molecule has 0 saturated heterocycles. The Hall–Kier alpha value is -0.710. The Morgan fingerprint density at radius 2 is 2.22 bits per heavy atom. The maximum absolute atomic E-state index is 4.16. The van der Waals surface area contributed by atoms with Crippen molar-refractivity contribution in [1.29, 1.82) is 0 Å². The highest BCUT2D eigenvalue weighted by atomic mass is 79.9. The molecule has 0 spiro atoms. The highest BCUT2D eigenvalue weighted by Crippen LogP contribution is 2.28. The van der Waals surface area contributed by atoms with Crippen LogP contribution in [0.3, 0.4) is 0 Å². The molecule has 2 rings (SSSR count). The van der Waals surface area contributed by atoms with Gasteiger partial charge in [-0.2, -0.15) is 0 Å². The predicted molar refractivity (Wildman–Crippen MR) is 81.2 cm³/mol. The molecule has 2 aromatic rings. The first-order valence-corrected chi connectivity index (χ1v) is 7.81. The fourth-order valence-corrected chi connectivity index (χ4v) is 3.29. The maximum atomic E-state index is 4.16. The van der Waals surface area contributed by atoms with Crippen molar-refractivity contribution in [2.75, 3.05) is 13.1 Å². The van der Waals surface area contributed by atoms with Gasteiger partial charge in [0.15, 0.2) is 0 Å². The average Bonchev–Trinajstić information content (AvgIpc) is 2.88. The third-order valence-corrected chi connectivity index (χ3v) is 4.44. The zero-order valence-electron chi connectivity index (χ0n) is 10.4. The van der Waals surface area contributed by atoms with Gasteiger partial charge in [-0.15, -0.1) is 11.3 Å². The van der Waals surface area contributed by atoms with Crippen LogP contribution in [0.4, 0.5) is 0 Å². The third-order valence-electron chi connectivity index (χ3n) is 2.92. The van der Waals surface area contributed by atoms with Gasteiger partial charge in [-0.25, -0.2) is 0 Å². The molecular weight excluding hydrogens is 308 g/mol. The highest BCUT2D eigenvalue weighted by Gasteiger charge is 2.15. The van der Waals surface area contributed by atoms with Gasteiger partial charge in [0.2, 0.25) is 0 Å². The number of halogens is 1. The molecule has 1 aromatic carbocycles. The molecule has 0 amide bonds. The summed E-state index contributed by atoms with van der Waals surface area (Å²) in [5.41, 5.74) is 3.27. The minimum atomic E-state index is 0.487. The van der Waals surface area contributed by atoms with Crippen molar-refractivity contribution in [2.45, 2.75) is 19.3 Å². The molecule has 1 aromatic heterocycles. The van der Waals surface area contributed by atoms with Gasteiger partial charge in [0.25, 0.3) is 0 Å². The first kappa shape index (κ1) is 13.7. The van der Waals surface area contributed by atoms with E-state index in [9.17, 15) is 0 Å². The Balaban J connectivity index is 2.16. The van der Waals surface area contributed by atoms with Crippen molar-refractivity contribution < 1.29 is 0 Å². The molecular formula is C14H17BrN2S. The van der Waals surface area contributed by atoms with E-state index < -0.39 is 0 Å². The number of likely N-dealkylation sites (N-methyl/N-ethyl adjacent to an activating group) is 1. The molecule has 18 heavy (non-hydrogen) atoms. The number of thiazole rings is 1. The van der Waals surface area contributed by atoms with Gasteiger partial charge in [0, 0.05) is 28.0 Å². The van der Waals surface area contributed by atoms with E-state index >= 15 is 0 Å². The largest absolute Gasteiger partial charge is 0.316 e. The lowest BCUT2D eigenvalue weighted by molar-refractivity contribution is 0.596. The zero-order chi connectivity index (χ0) is 12.8. The third kappa shape index (κ3) is 3.64. The normalized spacial score (nSPS) is 12.6. The second-order valence-electron chi connectivity index (χ2n) is 4.20. The van der Waals surface area contributed by atoms with Gasteiger partial charge in [-0.05, 0) is 24.6 Å². The number of hydrogen-bond donors (Lipinski definition) is 1. The monoisotopic (exact) mass is 324 g/mol. The second kappa shape index (κ2) is 7.02. The van der Waals surface area contributed by atoms with E-state index in [0.29, 0.717) is 5.92 Å². The van der Waals surface area contributed by atoms with Crippen LogP contribution in [0.25, 0.3) is 0 Å². The molecule has 0 aliphatic rings. The van der Waals surface area contributed by atoms with Crippen molar-refractivity contribution in [3.05, 3.63) is 50.9 Å². The van der Waals surface area contributed by atoms with Crippen LogP contribution in [-0.4, -0.2) is 18.1 Å². The Kier molecular flexibility index (Phi) is 5.35. The fourth-order valence-electron chi connectivity index (χ4n) is 2.00. The van der Waals surface area contributed by atoms with Crippen molar-refractivity contribution >= 4 is 27.3 Å². The molecule has 0 bridgehead atoms. The van der Waals surface area contributed by atoms with Crippen molar-refractivity contribution in [3.8, 4) is 0 Å². The minimum absolute atomic E-state index is 0.487. The van der Waals surface area contributed by atoms with Crippen LogP contribution in [0.1, 0.15) is 23.3 Å².